The molecule has 0 atom stereocenters. The molecule has 5 heterocycles. The van der Waals surface area contributed by atoms with Gasteiger partial charge in [-0.05, 0) is 84.6 Å². The van der Waals surface area contributed by atoms with Gasteiger partial charge in [-0.1, -0.05) is 91.4 Å². The monoisotopic (exact) mass is 642 g/mol. The van der Waals surface area contributed by atoms with E-state index in [0.717, 1.165) is 70.8 Å². The topological polar surface area (TPSA) is 92.4 Å². The van der Waals surface area contributed by atoms with Crippen molar-refractivity contribution in [1.29, 1.82) is 0 Å². The predicted octanol–water partition coefficient (Wildman–Crippen LogP) is 8.37. The van der Waals surface area contributed by atoms with Crippen LogP contribution in [0.2, 0.25) is 0 Å². The molecule has 8 heteroatoms. The van der Waals surface area contributed by atoms with Crippen LogP contribution in [-0.2, 0) is 19.5 Å². The number of nitrogens with zero attached hydrogens (tertiary/aromatic N) is 6. The molecule has 0 fully saturated rings. The van der Waals surface area contributed by atoms with E-state index in [1.165, 1.54) is 5.39 Å². The van der Waals surface area contributed by atoms with Gasteiger partial charge in [0.25, 0.3) is 0 Å². The Morgan fingerprint density at radius 2 is 1.28 bits per heavy atom. The largest absolute Gasteiger partial charge is 2.00 e. The van der Waals surface area contributed by atoms with Crippen LogP contribution in [0.3, 0.4) is 0 Å². The van der Waals surface area contributed by atoms with E-state index in [2.05, 4.69) is 66.3 Å². The molecule has 0 aliphatic rings. The van der Waals surface area contributed by atoms with Crippen molar-refractivity contribution in [2.24, 2.45) is 4.99 Å². The van der Waals surface area contributed by atoms with E-state index in [4.69, 9.17) is 4.42 Å². The number of rotatable bonds is 1. The van der Waals surface area contributed by atoms with E-state index in [9.17, 15) is 0 Å². The van der Waals surface area contributed by atoms with Crippen molar-refractivity contribution >= 4 is 82.0 Å². The van der Waals surface area contributed by atoms with Crippen molar-refractivity contribution in [2.75, 3.05) is 0 Å². The van der Waals surface area contributed by atoms with Crippen molar-refractivity contribution in [2.45, 2.75) is 0 Å². The Balaban J connectivity index is 0.000000134. The fourth-order valence-electron chi connectivity index (χ4n) is 6.21. The number of aromatic nitrogens is 5. The minimum atomic E-state index is 0. The fraction of sp³-hybridized carbons (Fsp3) is 0. The molecule has 0 aliphatic heterocycles. The molecule has 0 saturated heterocycles. The maximum Gasteiger partial charge on any atom is 2.00 e. The molecule has 0 amide bonds. The molecule has 0 unspecified atom stereocenters. The smallest absolute Gasteiger partial charge is 0.454 e. The van der Waals surface area contributed by atoms with Crippen LogP contribution in [0.25, 0.3) is 76.2 Å². The molecule has 10 aromatic rings. The van der Waals surface area contributed by atoms with Gasteiger partial charge in [-0.2, -0.15) is 0 Å². The Hall–Kier alpha value is -5.72. The Morgan fingerprint density at radius 3 is 2.15 bits per heavy atom. The molecule has 212 valence electrons. The summed E-state index contributed by atoms with van der Waals surface area (Å²) in [6.45, 7) is 0. The van der Waals surface area contributed by atoms with E-state index in [1.807, 2.05) is 72.8 Å². The minimum absolute atomic E-state index is 0. The molecular weight excluding hydrogens is 622 g/mol. The molecule has 0 spiro atoms. The summed E-state index contributed by atoms with van der Waals surface area (Å²) in [5, 5.41) is 9.86. The zero-order valence-corrected chi connectivity index (χ0v) is 27.5. The number of imidazole rings is 1. The van der Waals surface area contributed by atoms with Crippen molar-refractivity contribution in [3.63, 3.8) is 0 Å². The summed E-state index contributed by atoms with van der Waals surface area (Å²) in [5.41, 5.74) is 5.03. The minimum Gasteiger partial charge on any atom is -0.454 e. The van der Waals surface area contributed by atoms with Gasteiger partial charge in [-0.3, -0.25) is 9.97 Å². The van der Waals surface area contributed by atoms with Crippen molar-refractivity contribution in [1.82, 2.24) is 24.9 Å². The molecule has 0 N–H and O–H groups in total. The SMILES string of the molecule is [Zn+2].c1ccc2c(N=c3[n-]ccc4ccccc34)nccc2c1.c1cnc2c(c1)oc1ccc3c4ccccc4c4nc[n-]c4c3c12. The van der Waals surface area contributed by atoms with Gasteiger partial charge in [-0.15, -0.1) is 0 Å². The van der Waals surface area contributed by atoms with Crippen molar-refractivity contribution < 1.29 is 23.9 Å². The molecule has 5 aromatic heterocycles. The average Bonchev–Trinajstić information content (AvgIpc) is 3.75. The molecule has 0 radical (unpaired) electrons. The molecule has 0 aliphatic carbocycles. The second-order valence-corrected chi connectivity index (χ2v) is 10.8. The first-order valence-corrected chi connectivity index (χ1v) is 14.6. The van der Waals surface area contributed by atoms with Crippen LogP contribution in [-0.4, -0.2) is 15.0 Å². The summed E-state index contributed by atoms with van der Waals surface area (Å²) < 4.78 is 5.99. The van der Waals surface area contributed by atoms with Crippen LogP contribution >= 0.6 is 0 Å². The van der Waals surface area contributed by atoms with Gasteiger partial charge in [0.1, 0.15) is 11.1 Å². The number of pyridine rings is 3. The zero-order chi connectivity index (χ0) is 29.7. The summed E-state index contributed by atoms with van der Waals surface area (Å²) in [5.74, 6) is 0.706. The summed E-state index contributed by atoms with van der Waals surface area (Å²) in [4.78, 5) is 27.1. The molecule has 0 saturated carbocycles. The number of furan rings is 1. The van der Waals surface area contributed by atoms with E-state index in [0.29, 0.717) is 11.3 Å². The first-order valence-electron chi connectivity index (χ1n) is 14.6. The number of benzene rings is 5. The van der Waals surface area contributed by atoms with Crippen LogP contribution in [0.5, 0.6) is 0 Å². The van der Waals surface area contributed by atoms with Crippen molar-refractivity contribution in [3.05, 3.63) is 140 Å². The second-order valence-electron chi connectivity index (χ2n) is 10.8. The van der Waals surface area contributed by atoms with Crippen LogP contribution in [0.15, 0.2) is 144 Å². The van der Waals surface area contributed by atoms with Gasteiger partial charge in [0.05, 0.1) is 11.2 Å². The van der Waals surface area contributed by atoms with E-state index >= 15 is 0 Å². The number of hydrogen-bond donors (Lipinski definition) is 0. The maximum atomic E-state index is 5.99. The molecule has 0 bridgehead atoms. The quantitative estimate of drug-likeness (QED) is 0.132. The van der Waals surface area contributed by atoms with Gasteiger partial charge in [0.15, 0.2) is 5.58 Å². The van der Waals surface area contributed by atoms with Gasteiger partial charge in [0.2, 0.25) is 0 Å². The fourth-order valence-corrected chi connectivity index (χ4v) is 6.21. The number of hydrogen-bond acceptors (Lipinski definition) is 5. The number of fused-ring (bicyclic) bond motifs is 12. The third-order valence-electron chi connectivity index (χ3n) is 8.22. The first-order chi connectivity index (χ1) is 22.3. The summed E-state index contributed by atoms with van der Waals surface area (Å²) in [6, 6.07) is 36.5. The standard InChI is InChI=1S/C20H10N3O.C18H12N3.Zn/c1-2-5-13-11(4-1)12-7-8-14-17(16(12)20-18(13)22-10-23-20)19-15(24-14)6-3-9-21-19;1-3-7-15-13(5-1)9-11-19-17(15)21-18-16-8-4-2-6-14(16)10-12-20-18;/h1-10H;1-12H;/q2*-1;+2. The second kappa shape index (κ2) is 11.3. The molecule has 46 heavy (non-hydrogen) atoms. The summed E-state index contributed by atoms with van der Waals surface area (Å²) >= 11 is 0. The Kier molecular flexibility index (Phi) is 6.85. The third kappa shape index (κ3) is 4.46. The Morgan fingerprint density at radius 1 is 0.522 bits per heavy atom. The van der Waals surface area contributed by atoms with Crippen LogP contribution in [0.4, 0.5) is 5.82 Å². The maximum absolute atomic E-state index is 5.99. The van der Waals surface area contributed by atoms with Gasteiger partial charge < -0.3 is 24.4 Å². The van der Waals surface area contributed by atoms with Crippen LogP contribution in [0, 0.1) is 0 Å². The van der Waals surface area contributed by atoms with E-state index < -0.39 is 0 Å². The zero-order valence-electron chi connectivity index (χ0n) is 24.5. The normalized spacial score (nSPS) is 11.9. The van der Waals surface area contributed by atoms with Crippen LogP contribution in [0.1, 0.15) is 0 Å². The predicted molar refractivity (Wildman–Crippen MR) is 179 cm³/mol. The Labute approximate surface area is 274 Å². The Bertz CT molecular complexity index is 2790. The molecule has 7 nitrogen and oxygen atoms in total. The van der Waals surface area contributed by atoms with Gasteiger partial charge in [0, 0.05) is 17.8 Å². The molecular formula is C38H22N6OZn. The first kappa shape index (κ1) is 27.8. The van der Waals surface area contributed by atoms with Gasteiger partial charge >= 0.3 is 19.5 Å². The van der Waals surface area contributed by atoms with Gasteiger partial charge in [-0.25, -0.2) is 0 Å². The average molecular weight is 644 g/mol. The summed E-state index contributed by atoms with van der Waals surface area (Å²) in [7, 11) is 0. The summed E-state index contributed by atoms with van der Waals surface area (Å²) in [6.07, 6.45) is 6.99. The molecule has 5 aromatic carbocycles. The van der Waals surface area contributed by atoms with Crippen molar-refractivity contribution in [3.8, 4) is 0 Å². The van der Waals surface area contributed by atoms with E-state index in [1.54, 1.807) is 24.9 Å². The van der Waals surface area contributed by atoms with Crippen LogP contribution < -0.4 is 15.5 Å². The molecule has 10 rings (SSSR count). The third-order valence-corrected chi connectivity index (χ3v) is 8.22. The van der Waals surface area contributed by atoms with E-state index in [-0.39, 0.29) is 19.5 Å².